The average molecular weight is 328 g/mol. The highest BCUT2D eigenvalue weighted by Crippen LogP contribution is 2.29. The van der Waals surface area contributed by atoms with E-state index in [4.69, 9.17) is 0 Å². The summed E-state index contributed by atoms with van der Waals surface area (Å²) in [7, 11) is 0. The lowest BCUT2D eigenvalue weighted by atomic mass is 10.1. The number of rotatable bonds is 4. The smallest absolute Gasteiger partial charge is 0.350 e. The molecule has 0 unspecified atom stereocenters. The van der Waals surface area contributed by atoms with Gasteiger partial charge in [-0.05, 0) is 17.7 Å². The molecule has 2 N–H and O–H groups in total. The SMILES string of the molecule is O=C(CNC(=O)C(F)(F)F)NCc1cccc(C(F)(F)F)c1. The number of carbonyl (C=O) groups is 2. The lowest BCUT2D eigenvalue weighted by molar-refractivity contribution is -0.173. The topological polar surface area (TPSA) is 58.2 Å². The highest BCUT2D eigenvalue weighted by Gasteiger charge is 2.38. The molecular weight excluding hydrogens is 318 g/mol. The van der Waals surface area contributed by atoms with E-state index < -0.39 is 36.3 Å². The van der Waals surface area contributed by atoms with E-state index in [1.54, 1.807) is 0 Å². The number of benzene rings is 1. The van der Waals surface area contributed by atoms with Gasteiger partial charge in [0.15, 0.2) is 0 Å². The van der Waals surface area contributed by atoms with Crippen molar-refractivity contribution in [3.8, 4) is 0 Å². The lowest BCUT2D eigenvalue weighted by Crippen LogP contribution is -2.42. The molecule has 0 bridgehead atoms. The molecule has 1 aromatic rings. The molecule has 0 radical (unpaired) electrons. The van der Waals surface area contributed by atoms with Gasteiger partial charge in [-0.3, -0.25) is 9.59 Å². The Balaban J connectivity index is 2.50. The fourth-order valence-corrected chi connectivity index (χ4v) is 1.38. The van der Waals surface area contributed by atoms with E-state index in [9.17, 15) is 35.9 Å². The fourth-order valence-electron chi connectivity index (χ4n) is 1.38. The number of nitrogens with one attached hydrogen (secondary N) is 2. The third-order valence-electron chi connectivity index (χ3n) is 2.41. The van der Waals surface area contributed by atoms with E-state index in [1.165, 1.54) is 11.4 Å². The first kappa shape index (κ1) is 17.8. The van der Waals surface area contributed by atoms with Crippen molar-refractivity contribution >= 4 is 11.8 Å². The van der Waals surface area contributed by atoms with E-state index in [2.05, 4.69) is 5.32 Å². The van der Waals surface area contributed by atoms with Crippen LogP contribution in [0.1, 0.15) is 11.1 Å². The van der Waals surface area contributed by atoms with Gasteiger partial charge in [0, 0.05) is 6.54 Å². The van der Waals surface area contributed by atoms with E-state index >= 15 is 0 Å². The van der Waals surface area contributed by atoms with Crippen molar-refractivity contribution in [3.63, 3.8) is 0 Å². The maximum Gasteiger partial charge on any atom is 0.471 e. The Morgan fingerprint density at radius 3 is 2.18 bits per heavy atom. The Morgan fingerprint density at radius 1 is 1.00 bits per heavy atom. The first-order valence-electron chi connectivity index (χ1n) is 5.78. The van der Waals surface area contributed by atoms with Crippen LogP contribution >= 0.6 is 0 Å². The van der Waals surface area contributed by atoms with Crippen LogP contribution in [0.5, 0.6) is 0 Å². The number of halogens is 6. The zero-order valence-corrected chi connectivity index (χ0v) is 10.8. The molecule has 0 fully saturated rings. The molecule has 4 nitrogen and oxygen atoms in total. The second kappa shape index (κ2) is 6.67. The fraction of sp³-hybridized carbons (Fsp3) is 0.333. The van der Waals surface area contributed by atoms with Gasteiger partial charge in [-0.15, -0.1) is 0 Å². The standard InChI is InChI=1S/C12H10F6N2O2/c13-11(14,15)8-3-1-2-7(4-8)5-19-9(21)6-20-10(22)12(16,17)18/h1-4H,5-6H2,(H,19,21)(H,20,22). The van der Waals surface area contributed by atoms with Crippen molar-refractivity contribution in [1.82, 2.24) is 10.6 Å². The summed E-state index contributed by atoms with van der Waals surface area (Å²) < 4.78 is 72.9. The van der Waals surface area contributed by atoms with Crippen LogP contribution in [0, 0.1) is 0 Å². The molecule has 2 amide bonds. The molecule has 10 heteroatoms. The summed E-state index contributed by atoms with van der Waals surface area (Å²) in [6.07, 6.45) is -9.65. The number of alkyl halides is 6. The Morgan fingerprint density at radius 2 is 1.64 bits per heavy atom. The first-order chi connectivity index (χ1) is 10.00. The minimum absolute atomic E-state index is 0.116. The summed E-state index contributed by atoms with van der Waals surface area (Å²) in [6, 6.07) is 4.09. The molecule has 0 aromatic heterocycles. The molecule has 0 heterocycles. The number of carbonyl (C=O) groups excluding carboxylic acids is 2. The van der Waals surface area contributed by atoms with E-state index in [1.807, 2.05) is 0 Å². The largest absolute Gasteiger partial charge is 0.471 e. The average Bonchev–Trinajstić information content (AvgIpc) is 2.40. The maximum atomic E-state index is 12.4. The normalized spacial score (nSPS) is 11.9. The van der Waals surface area contributed by atoms with Crippen molar-refractivity contribution in [1.29, 1.82) is 0 Å². The minimum atomic E-state index is -5.11. The zero-order chi connectivity index (χ0) is 17.0. The van der Waals surface area contributed by atoms with Crippen molar-refractivity contribution in [2.24, 2.45) is 0 Å². The predicted octanol–water partition coefficient (Wildman–Crippen LogP) is 2.00. The van der Waals surface area contributed by atoms with E-state index in [0.29, 0.717) is 0 Å². The first-order valence-corrected chi connectivity index (χ1v) is 5.78. The van der Waals surface area contributed by atoms with Gasteiger partial charge in [0.25, 0.3) is 0 Å². The van der Waals surface area contributed by atoms with Gasteiger partial charge in [-0.25, -0.2) is 0 Å². The van der Waals surface area contributed by atoms with Crippen LogP contribution < -0.4 is 10.6 Å². The predicted molar refractivity (Wildman–Crippen MR) is 62.4 cm³/mol. The molecule has 0 aliphatic rings. The van der Waals surface area contributed by atoms with Crippen LogP contribution in [-0.2, 0) is 22.3 Å². The van der Waals surface area contributed by atoms with E-state index in [0.717, 1.165) is 18.2 Å². The van der Waals surface area contributed by atoms with Crippen LogP contribution in [0.4, 0.5) is 26.3 Å². The van der Waals surface area contributed by atoms with Crippen LogP contribution in [-0.4, -0.2) is 24.5 Å². The Labute approximate surface area is 120 Å². The highest BCUT2D eigenvalue weighted by atomic mass is 19.4. The van der Waals surface area contributed by atoms with Crippen LogP contribution in [0.3, 0.4) is 0 Å². The van der Waals surface area contributed by atoms with Gasteiger partial charge in [0.2, 0.25) is 5.91 Å². The van der Waals surface area contributed by atoms with Crippen molar-refractivity contribution < 1.29 is 35.9 Å². The number of hydrogen-bond acceptors (Lipinski definition) is 2. The summed E-state index contributed by atoms with van der Waals surface area (Å²) in [5.74, 6) is -3.24. The van der Waals surface area contributed by atoms with Gasteiger partial charge < -0.3 is 10.6 Å². The molecule has 0 saturated heterocycles. The van der Waals surface area contributed by atoms with Gasteiger partial charge in [-0.1, -0.05) is 12.1 Å². The van der Waals surface area contributed by atoms with Crippen molar-refractivity contribution in [2.45, 2.75) is 18.9 Å². The maximum absolute atomic E-state index is 12.4. The highest BCUT2D eigenvalue weighted by molar-refractivity contribution is 5.87. The van der Waals surface area contributed by atoms with Gasteiger partial charge in [0.1, 0.15) is 0 Å². The van der Waals surface area contributed by atoms with Crippen LogP contribution in [0.2, 0.25) is 0 Å². The minimum Gasteiger partial charge on any atom is -0.350 e. The van der Waals surface area contributed by atoms with Crippen molar-refractivity contribution in [3.05, 3.63) is 35.4 Å². The Kier molecular flexibility index (Phi) is 5.39. The molecule has 1 aromatic carbocycles. The lowest BCUT2D eigenvalue weighted by Gasteiger charge is -2.10. The molecule has 0 saturated carbocycles. The second-order valence-electron chi connectivity index (χ2n) is 4.16. The molecule has 0 spiro atoms. The quantitative estimate of drug-likeness (QED) is 0.831. The molecule has 0 atom stereocenters. The molecular formula is C12H10F6N2O2. The summed E-state index contributed by atoms with van der Waals surface area (Å²) in [5.41, 5.74) is -0.796. The number of amides is 2. The van der Waals surface area contributed by atoms with Crippen LogP contribution in [0.25, 0.3) is 0 Å². The Hall–Kier alpha value is -2.26. The van der Waals surface area contributed by atoms with Gasteiger partial charge in [-0.2, -0.15) is 26.3 Å². The van der Waals surface area contributed by atoms with E-state index in [-0.39, 0.29) is 12.1 Å². The molecule has 0 aliphatic carbocycles. The Bertz CT molecular complexity index is 553. The molecule has 122 valence electrons. The van der Waals surface area contributed by atoms with Crippen LogP contribution in [0.15, 0.2) is 24.3 Å². The summed E-state index contributed by atoms with van der Waals surface area (Å²) in [4.78, 5) is 21.7. The summed E-state index contributed by atoms with van der Waals surface area (Å²) in [6.45, 7) is -1.25. The third kappa shape index (κ3) is 5.62. The molecule has 0 aliphatic heterocycles. The second-order valence-corrected chi connectivity index (χ2v) is 4.16. The van der Waals surface area contributed by atoms with Gasteiger partial charge in [0.05, 0.1) is 12.1 Å². The molecule has 1 rings (SSSR count). The van der Waals surface area contributed by atoms with Crippen molar-refractivity contribution in [2.75, 3.05) is 6.54 Å². The summed E-state index contributed by atoms with van der Waals surface area (Å²) in [5, 5.41) is 3.43. The zero-order valence-electron chi connectivity index (χ0n) is 10.8. The third-order valence-corrected chi connectivity index (χ3v) is 2.41. The molecule has 22 heavy (non-hydrogen) atoms. The number of hydrogen-bond donors (Lipinski definition) is 2. The van der Waals surface area contributed by atoms with Gasteiger partial charge >= 0.3 is 18.3 Å². The summed E-state index contributed by atoms with van der Waals surface area (Å²) >= 11 is 0. The monoisotopic (exact) mass is 328 g/mol.